The van der Waals surface area contributed by atoms with E-state index in [-0.39, 0.29) is 18.0 Å². The summed E-state index contributed by atoms with van der Waals surface area (Å²) in [6.07, 6.45) is 2.10. The van der Waals surface area contributed by atoms with Crippen LogP contribution in [0.3, 0.4) is 0 Å². The Labute approximate surface area is 122 Å². The van der Waals surface area contributed by atoms with Crippen LogP contribution in [0, 0.1) is 10.1 Å². The first kappa shape index (κ1) is 16.5. The molecular formula is C14H17NO6. The number of benzene rings is 1. The highest BCUT2D eigenvalue weighted by atomic mass is 16.6. The highest BCUT2D eigenvalue weighted by Gasteiger charge is 2.15. The van der Waals surface area contributed by atoms with Crippen LogP contribution in [0.2, 0.25) is 0 Å². The van der Waals surface area contributed by atoms with Gasteiger partial charge in [-0.25, -0.2) is 4.79 Å². The zero-order chi connectivity index (χ0) is 15.8. The van der Waals surface area contributed by atoms with E-state index in [1.165, 1.54) is 26.4 Å². The van der Waals surface area contributed by atoms with Gasteiger partial charge in [-0.1, -0.05) is 6.92 Å². The number of carbonyl (C=O) groups is 1. The molecule has 0 N–H and O–H groups in total. The van der Waals surface area contributed by atoms with E-state index in [0.717, 1.165) is 0 Å². The molecule has 0 radical (unpaired) electrons. The molecular weight excluding hydrogens is 278 g/mol. The first-order chi connectivity index (χ1) is 10.0. The predicted octanol–water partition coefficient (Wildman–Crippen LogP) is 2.49. The van der Waals surface area contributed by atoms with Gasteiger partial charge >= 0.3 is 11.7 Å². The Kier molecular flexibility index (Phi) is 6.19. The zero-order valence-corrected chi connectivity index (χ0v) is 12.1. The Morgan fingerprint density at radius 3 is 2.62 bits per heavy atom. The van der Waals surface area contributed by atoms with E-state index in [9.17, 15) is 14.9 Å². The van der Waals surface area contributed by atoms with Crippen LogP contribution >= 0.6 is 0 Å². The summed E-state index contributed by atoms with van der Waals surface area (Å²) in [5.74, 6) is 0.0626. The van der Waals surface area contributed by atoms with Gasteiger partial charge in [-0.3, -0.25) is 10.1 Å². The van der Waals surface area contributed by atoms with Gasteiger partial charge in [0.25, 0.3) is 0 Å². The molecule has 0 aliphatic heterocycles. The molecule has 0 aliphatic rings. The Morgan fingerprint density at radius 2 is 2.10 bits per heavy atom. The van der Waals surface area contributed by atoms with Crippen molar-refractivity contribution >= 4 is 11.7 Å². The highest BCUT2D eigenvalue weighted by Crippen LogP contribution is 2.30. The predicted molar refractivity (Wildman–Crippen MR) is 75.5 cm³/mol. The molecule has 0 spiro atoms. The van der Waals surface area contributed by atoms with E-state index < -0.39 is 10.9 Å². The van der Waals surface area contributed by atoms with Gasteiger partial charge in [0.15, 0.2) is 5.75 Å². The number of nitro groups is 1. The van der Waals surface area contributed by atoms with E-state index in [2.05, 4.69) is 4.74 Å². The first-order valence-corrected chi connectivity index (χ1v) is 6.26. The van der Waals surface area contributed by atoms with Gasteiger partial charge < -0.3 is 14.2 Å². The monoisotopic (exact) mass is 295 g/mol. The molecule has 1 aromatic carbocycles. The summed E-state index contributed by atoms with van der Waals surface area (Å²) < 4.78 is 14.9. The largest absolute Gasteiger partial charge is 0.490 e. The topological polar surface area (TPSA) is 87.9 Å². The Bertz CT molecular complexity index is 552. The molecule has 7 heteroatoms. The number of carbonyl (C=O) groups excluding carboxylic acids is 1. The molecule has 114 valence electrons. The number of nitrogens with zero attached hydrogens (tertiary/aromatic N) is 1. The van der Waals surface area contributed by atoms with Crippen molar-refractivity contribution in [3.8, 4) is 11.5 Å². The summed E-state index contributed by atoms with van der Waals surface area (Å²) in [6, 6.07) is 4.29. The van der Waals surface area contributed by atoms with Gasteiger partial charge in [-0.15, -0.1) is 0 Å². The normalized spacial score (nSPS) is 10.9. The lowest BCUT2D eigenvalue weighted by molar-refractivity contribution is -0.385. The molecule has 0 heterocycles. The molecule has 0 saturated heterocycles. The molecule has 1 aromatic rings. The van der Waals surface area contributed by atoms with Gasteiger partial charge in [0.2, 0.25) is 0 Å². The number of nitro benzene ring substituents is 1. The summed E-state index contributed by atoms with van der Waals surface area (Å²) >= 11 is 0. The number of hydrogen-bond acceptors (Lipinski definition) is 6. The second kappa shape index (κ2) is 7.88. The zero-order valence-electron chi connectivity index (χ0n) is 12.1. The summed E-state index contributed by atoms with van der Waals surface area (Å²) in [6.45, 7) is 1.93. The molecule has 0 atom stereocenters. The number of rotatable bonds is 7. The lowest BCUT2D eigenvalue weighted by Gasteiger charge is -2.07. The maximum atomic E-state index is 11.4. The molecule has 0 aliphatic carbocycles. The van der Waals surface area contributed by atoms with Crippen molar-refractivity contribution in [1.82, 2.24) is 0 Å². The van der Waals surface area contributed by atoms with E-state index in [0.29, 0.717) is 17.7 Å². The first-order valence-electron chi connectivity index (χ1n) is 6.26. The van der Waals surface area contributed by atoms with Crippen molar-refractivity contribution in [2.24, 2.45) is 0 Å². The van der Waals surface area contributed by atoms with Gasteiger partial charge in [-0.05, 0) is 24.6 Å². The standard InChI is InChI=1S/C14H17NO6/c1-4-10(14(16)20-3)7-8-21-11-5-6-13(19-2)12(9-11)15(17)18/h5-7,9H,4,8H2,1-3H3/b10-7-. The van der Waals surface area contributed by atoms with Crippen LogP contribution in [0.4, 0.5) is 5.69 Å². The van der Waals surface area contributed by atoms with Crippen LogP contribution in [0.25, 0.3) is 0 Å². The number of esters is 1. The smallest absolute Gasteiger partial charge is 0.333 e. The van der Waals surface area contributed by atoms with E-state index in [1.807, 2.05) is 6.92 Å². The molecule has 1 rings (SSSR count). The van der Waals surface area contributed by atoms with E-state index >= 15 is 0 Å². The van der Waals surface area contributed by atoms with E-state index in [4.69, 9.17) is 9.47 Å². The van der Waals surface area contributed by atoms with Gasteiger partial charge in [0, 0.05) is 5.57 Å². The molecule has 0 bridgehead atoms. The second-order valence-corrected chi connectivity index (χ2v) is 3.98. The van der Waals surface area contributed by atoms with Crippen molar-refractivity contribution in [1.29, 1.82) is 0 Å². The minimum atomic E-state index is -0.548. The number of methoxy groups -OCH3 is 2. The molecule has 7 nitrogen and oxygen atoms in total. The maximum absolute atomic E-state index is 11.4. The average molecular weight is 295 g/mol. The van der Waals surface area contributed by atoms with Crippen LogP contribution in [0.1, 0.15) is 13.3 Å². The minimum Gasteiger partial charge on any atom is -0.490 e. The highest BCUT2D eigenvalue weighted by molar-refractivity contribution is 5.88. The van der Waals surface area contributed by atoms with Crippen LogP contribution in [0.5, 0.6) is 11.5 Å². The van der Waals surface area contributed by atoms with Crippen molar-refractivity contribution in [3.63, 3.8) is 0 Å². The van der Waals surface area contributed by atoms with Crippen molar-refractivity contribution < 1.29 is 23.9 Å². The fraction of sp³-hybridized carbons (Fsp3) is 0.357. The van der Waals surface area contributed by atoms with Crippen molar-refractivity contribution in [2.45, 2.75) is 13.3 Å². The number of hydrogen-bond donors (Lipinski definition) is 0. The summed E-state index contributed by atoms with van der Waals surface area (Å²) in [7, 11) is 2.66. The second-order valence-electron chi connectivity index (χ2n) is 3.98. The van der Waals surface area contributed by atoms with Crippen LogP contribution < -0.4 is 9.47 Å². The molecule has 21 heavy (non-hydrogen) atoms. The molecule has 0 amide bonds. The quantitative estimate of drug-likeness (QED) is 0.332. The third-order valence-electron chi connectivity index (χ3n) is 2.76. The Morgan fingerprint density at radius 1 is 1.38 bits per heavy atom. The summed E-state index contributed by atoms with van der Waals surface area (Å²) in [4.78, 5) is 21.7. The third-order valence-corrected chi connectivity index (χ3v) is 2.76. The van der Waals surface area contributed by atoms with Crippen molar-refractivity contribution in [3.05, 3.63) is 40.0 Å². The SMILES string of the molecule is CC/C(=C/COc1ccc(OC)c([N+](=O)[O-])c1)C(=O)OC. The lowest BCUT2D eigenvalue weighted by Crippen LogP contribution is -2.06. The van der Waals surface area contributed by atoms with Crippen LogP contribution in [-0.2, 0) is 9.53 Å². The maximum Gasteiger partial charge on any atom is 0.333 e. The van der Waals surface area contributed by atoms with Crippen LogP contribution in [0.15, 0.2) is 29.8 Å². The Hall–Kier alpha value is -2.57. The molecule has 0 aromatic heterocycles. The minimum absolute atomic E-state index is 0.113. The van der Waals surface area contributed by atoms with Gasteiger partial charge in [0.1, 0.15) is 12.4 Å². The summed E-state index contributed by atoms with van der Waals surface area (Å²) in [5, 5.41) is 10.9. The third kappa shape index (κ3) is 4.48. The van der Waals surface area contributed by atoms with Crippen LogP contribution in [-0.4, -0.2) is 31.7 Å². The van der Waals surface area contributed by atoms with Gasteiger partial charge in [0.05, 0.1) is 25.2 Å². The fourth-order valence-corrected chi connectivity index (χ4v) is 1.64. The summed E-state index contributed by atoms with van der Waals surface area (Å²) in [5.41, 5.74) is 0.308. The number of ether oxygens (including phenoxy) is 3. The molecule has 0 unspecified atom stereocenters. The van der Waals surface area contributed by atoms with Crippen molar-refractivity contribution in [2.75, 3.05) is 20.8 Å². The fourth-order valence-electron chi connectivity index (χ4n) is 1.64. The van der Waals surface area contributed by atoms with Gasteiger partial charge in [-0.2, -0.15) is 0 Å². The molecule has 0 saturated carbocycles. The molecule has 0 fully saturated rings. The lowest BCUT2D eigenvalue weighted by atomic mass is 10.2. The average Bonchev–Trinajstić information content (AvgIpc) is 2.50. The van der Waals surface area contributed by atoms with E-state index in [1.54, 1.807) is 12.1 Å². The Balaban J connectivity index is 2.80.